The monoisotopic (exact) mass is 554 g/mol. The van der Waals surface area contributed by atoms with Crippen LogP contribution in [0, 0.1) is 12.7 Å². The Bertz CT molecular complexity index is 1390. The molecule has 0 bridgehead atoms. The molecule has 1 N–H and O–H groups in total. The first kappa shape index (κ1) is 28.3. The van der Waals surface area contributed by atoms with E-state index in [1.54, 1.807) is 6.07 Å². The highest BCUT2D eigenvalue weighted by Crippen LogP contribution is 2.35. The van der Waals surface area contributed by atoms with E-state index in [-0.39, 0.29) is 24.0 Å². The van der Waals surface area contributed by atoms with Crippen molar-refractivity contribution in [3.8, 4) is 0 Å². The fraction of sp³-hybridized carbons (Fsp3) is 0.600. The number of aryl methyl sites for hydroxylation is 2. The first-order valence-electron chi connectivity index (χ1n) is 14.8. The summed E-state index contributed by atoms with van der Waals surface area (Å²) in [4.78, 5) is 30.7. The first-order valence-corrected chi connectivity index (χ1v) is 14.8. The fourth-order valence-corrected chi connectivity index (χ4v) is 6.21. The van der Waals surface area contributed by atoms with Crippen LogP contribution >= 0.6 is 0 Å². The number of nitrogens with zero attached hydrogens (tertiary/aromatic N) is 4. The van der Waals surface area contributed by atoms with Crippen LogP contribution in [0.15, 0.2) is 27.5 Å². The highest BCUT2D eigenvalue weighted by molar-refractivity contribution is 5.79. The highest BCUT2D eigenvalue weighted by Gasteiger charge is 2.37. The zero-order chi connectivity index (χ0) is 28.1. The Labute approximate surface area is 234 Å². The number of ether oxygens (including phenoxy) is 1. The molecule has 216 valence electrons. The number of fused-ring (bicyclic) bond motifs is 2. The van der Waals surface area contributed by atoms with E-state index >= 15 is 0 Å². The smallest absolute Gasteiger partial charge is 0.399 e. The van der Waals surface area contributed by atoms with Crippen molar-refractivity contribution in [3.05, 3.63) is 57.1 Å². The van der Waals surface area contributed by atoms with E-state index in [0.717, 1.165) is 99.2 Å². The number of carbonyl (C=O) groups excluding carboxylic acids is 1. The van der Waals surface area contributed by atoms with E-state index in [1.165, 1.54) is 12.1 Å². The molecule has 0 atom stereocenters. The molecule has 1 aromatic carbocycles. The molecule has 0 radical (unpaired) electrons. The van der Waals surface area contributed by atoms with Crippen molar-refractivity contribution in [2.75, 3.05) is 32.9 Å². The molecule has 1 fully saturated rings. The van der Waals surface area contributed by atoms with Crippen LogP contribution in [0.5, 0.6) is 0 Å². The average molecular weight is 555 g/mol. The van der Waals surface area contributed by atoms with Gasteiger partial charge in [-0.15, -0.1) is 0 Å². The second-order valence-corrected chi connectivity index (χ2v) is 11.4. The summed E-state index contributed by atoms with van der Waals surface area (Å²) in [5, 5.41) is 8.01. The molecule has 0 unspecified atom stereocenters. The lowest BCUT2D eigenvalue weighted by Gasteiger charge is -2.42. The minimum absolute atomic E-state index is 0.0751. The highest BCUT2D eigenvalue weighted by atomic mass is 19.1. The van der Waals surface area contributed by atoms with Crippen molar-refractivity contribution < 1.29 is 22.9 Å². The molecule has 0 saturated carbocycles. The van der Waals surface area contributed by atoms with Crippen molar-refractivity contribution in [3.63, 3.8) is 0 Å². The molecule has 2 aliphatic rings. The van der Waals surface area contributed by atoms with Crippen molar-refractivity contribution in [1.29, 1.82) is 0 Å². The summed E-state index contributed by atoms with van der Waals surface area (Å²) in [6, 6.07) is 4.54. The number of likely N-dealkylation sites (tertiary alicyclic amines) is 1. The predicted octanol–water partition coefficient (Wildman–Crippen LogP) is 4.98. The molecule has 5 rings (SSSR count). The van der Waals surface area contributed by atoms with Crippen molar-refractivity contribution >= 4 is 17.1 Å². The number of benzene rings is 1. The van der Waals surface area contributed by atoms with E-state index in [4.69, 9.17) is 14.2 Å². The largest absolute Gasteiger partial charge is 0.411 e. The van der Waals surface area contributed by atoms with Gasteiger partial charge in [0.2, 0.25) is 6.73 Å². The van der Waals surface area contributed by atoms with E-state index in [1.807, 2.05) is 11.5 Å². The summed E-state index contributed by atoms with van der Waals surface area (Å²) in [6.45, 7) is 7.85. The number of rotatable bonds is 10. The SMILES string of the molecule is CCCCCNC(=O)OC[N+]1(CCc2c(C)nc3n(c2=O)CCCC3)CCC(c2noc3cc(F)ccc23)CC1. The maximum atomic E-state index is 13.7. The maximum Gasteiger partial charge on any atom is 0.411 e. The standard InChI is InChI=1S/C30H40FN5O4/c1-3-4-6-14-32-30(38)39-20-36(18-13-24-21(2)33-27-8-5-7-15-35(27)29(24)37)16-11-22(12-17-36)28-25-10-9-23(31)19-26(25)40-34-28/h9-10,19,22H,3-8,11-18,20H2,1-2H3/p+1. The summed E-state index contributed by atoms with van der Waals surface area (Å²) in [5.74, 6) is 0.714. The first-order chi connectivity index (χ1) is 19.4. The van der Waals surface area contributed by atoms with Crippen LogP contribution in [0.2, 0.25) is 0 Å². The molecule has 40 heavy (non-hydrogen) atoms. The second kappa shape index (κ2) is 12.5. The third kappa shape index (κ3) is 6.22. The number of quaternary nitrogens is 1. The van der Waals surface area contributed by atoms with Gasteiger partial charge in [-0.1, -0.05) is 24.9 Å². The van der Waals surface area contributed by atoms with Gasteiger partial charge in [0.15, 0.2) is 5.58 Å². The van der Waals surface area contributed by atoms with Crippen LogP contribution in [0.4, 0.5) is 9.18 Å². The molecule has 0 spiro atoms. The van der Waals surface area contributed by atoms with Gasteiger partial charge >= 0.3 is 6.09 Å². The Balaban J connectivity index is 1.31. The number of hydrogen-bond donors (Lipinski definition) is 1. The number of alkyl carbamates (subject to hydrolysis) is 1. The lowest BCUT2D eigenvalue weighted by atomic mass is 9.90. The Morgan fingerprint density at radius 2 is 2.08 bits per heavy atom. The lowest BCUT2D eigenvalue weighted by Crippen LogP contribution is -2.56. The molecular formula is C30H41FN5O4+. The fourth-order valence-electron chi connectivity index (χ4n) is 6.21. The number of hydrogen-bond acceptors (Lipinski definition) is 6. The van der Waals surface area contributed by atoms with Crippen molar-refractivity contribution in [2.24, 2.45) is 0 Å². The van der Waals surface area contributed by atoms with Gasteiger partial charge in [-0.25, -0.2) is 14.2 Å². The Hall–Kier alpha value is -3.27. The number of unbranched alkanes of at least 4 members (excludes halogenated alkanes) is 2. The van der Waals surface area contributed by atoms with Gasteiger partial charge in [-0.2, -0.15) is 0 Å². The summed E-state index contributed by atoms with van der Waals surface area (Å²) < 4.78 is 27.3. The van der Waals surface area contributed by atoms with Crippen LogP contribution < -0.4 is 10.9 Å². The van der Waals surface area contributed by atoms with Crippen LogP contribution in [-0.4, -0.2) is 58.2 Å². The number of piperidine rings is 1. The quantitative estimate of drug-likeness (QED) is 0.280. The van der Waals surface area contributed by atoms with Crippen LogP contribution in [0.3, 0.4) is 0 Å². The minimum atomic E-state index is -0.396. The van der Waals surface area contributed by atoms with Gasteiger partial charge < -0.3 is 14.6 Å². The Morgan fingerprint density at radius 3 is 2.88 bits per heavy atom. The van der Waals surface area contributed by atoms with Gasteiger partial charge in [0.25, 0.3) is 5.56 Å². The summed E-state index contributed by atoms with van der Waals surface area (Å²) >= 11 is 0. The molecule has 2 aromatic heterocycles. The Kier molecular flexibility index (Phi) is 8.83. The molecule has 10 heteroatoms. The van der Waals surface area contributed by atoms with Crippen molar-refractivity contribution in [1.82, 2.24) is 20.0 Å². The third-order valence-electron chi connectivity index (χ3n) is 8.69. The number of halogens is 1. The third-order valence-corrected chi connectivity index (χ3v) is 8.69. The maximum absolute atomic E-state index is 13.7. The van der Waals surface area contributed by atoms with Gasteiger partial charge in [0.05, 0.1) is 25.3 Å². The molecule has 2 aliphatic heterocycles. The van der Waals surface area contributed by atoms with Crippen LogP contribution in [0.1, 0.15) is 80.6 Å². The topological polar surface area (TPSA) is 99.2 Å². The molecule has 9 nitrogen and oxygen atoms in total. The number of amides is 1. The number of aromatic nitrogens is 3. The lowest BCUT2D eigenvalue weighted by molar-refractivity contribution is -0.947. The molecule has 4 heterocycles. The average Bonchev–Trinajstić information content (AvgIpc) is 3.37. The zero-order valence-corrected chi connectivity index (χ0v) is 23.7. The van der Waals surface area contributed by atoms with E-state index in [0.29, 0.717) is 29.6 Å². The van der Waals surface area contributed by atoms with E-state index in [2.05, 4.69) is 17.4 Å². The molecule has 3 aromatic rings. The van der Waals surface area contributed by atoms with E-state index < -0.39 is 6.09 Å². The number of carbonyl (C=O) groups is 1. The molecule has 1 amide bonds. The predicted molar refractivity (Wildman–Crippen MR) is 150 cm³/mol. The number of nitrogens with one attached hydrogen (secondary N) is 1. The summed E-state index contributed by atoms with van der Waals surface area (Å²) in [6.07, 6.45) is 7.83. The molecular weight excluding hydrogens is 513 g/mol. The van der Waals surface area contributed by atoms with Crippen LogP contribution in [-0.2, 0) is 24.1 Å². The van der Waals surface area contributed by atoms with Gasteiger partial charge in [0, 0.05) is 67.4 Å². The summed E-state index contributed by atoms with van der Waals surface area (Å²) in [7, 11) is 0. The molecule has 1 saturated heterocycles. The minimum Gasteiger partial charge on any atom is -0.399 e. The second-order valence-electron chi connectivity index (χ2n) is 11.4. The van der Waals surface area contributed by atoms with Gasteiger partial charge in [0.1, 0.15) is 11.6 Å². The van der Waals surface area contributed by atoms with Crippen LogP contribution in [0.25, 0.3) is 11.0 Å². The zero-order valence-electron chi connectivity index (χ0n) is 23.7. The van der Waals surface area contributed by atoms with Gasteiger partial charge in [-0.05, 0) is 38.3 Å². The van der Waals surface area contributed by atoms with Gasteiger partial charge in [-0.3, -0.25) is 13.8 Å². The summed E-state index contributed by atoms with van der Waals surface area (Å²) in [5.41, 5.74) is 2.96. The normalized spacial score (nSPS) is 20.8. The molecule has 0 aliphatic carbocycles. The Morgan fingerprint density at radius 1 is 1.25 bits per heavy atom. The van der Waals surface area contributed by atoms with Crippen molar-refractivity contribution in [2.45, 2.75) is 84.1 Å². The van der Waals surface area contributed by atoms with E-state index in [9.17, 15) is 14.0 Å².